The maximum Gasteiger partial charge on any atom is 0.236 e. The Morgan fingerprint density at radius 1 is 1.32 bits per heavy atom. The lowest BCUT2D eigenvalue weighted by Gasteiger charge is -2.23. The second-order valence-corrected chi connectivity index (χ2v) is 8.03. The van der Waals surface area contributed by atoms with Crippen LogP contribution in [0.4, 0.5) is 0 Å². The molecule has 1 amide bonds. The number of hydrogen-bond donors (Lipinski definition) is 1. The predicted octanol–water partition coefficient (Wildman–Crippen LogP) is 2.56. The summed E-state index contributed by atoms with van der Waals surface area (Å²) in [5, 5.41) is 0. The van der Waals surface area contributed by atoms with Crippen molar-refractivity contribution >= 4 is 16.7 Å². The fraction of sp³-hybridized carbons (Fsp3) is 0.588. The van der Waals surface area contributed by atoms with Crippen LogP contribution in [0.5, 0.6) is 5.75 Å². The van der Waals surface area contributed by atoms with Crippen molar-refractivity contribution in [3.63, 3.8) is 0 Å². The largest absolute Gasteiger partial charge is 0.490 e. The molecule has 5 heteroatoms. The van der Waals surface area contributed by atoms with Crippen LogP contribution in [0.3, 0.4) is 0 Å². The van der Waals surface area contributed by atoms with E-state index in [4.69, 9.17) is 10.5 Å². The number of hydrogen-bond acceptors (Lipinski definition) is 3. The molecule has 122 valence electrons. The van der Waals surface area contributed by atoms with Crippen molar-refractivity contribution in [3.8, 4) is 5.75 Å². The van der Waals surface area contributed by atoms with Crippen LogP contribution in [-0.4, -0.2) is 27.2 Å². The molecule has 0 spiro atoms. The van der Waals surface area contributed by atoms with Gasteiger partial charge in [-0.25, -0.2) is 0 Å². The Kier molecular flexibility index (Phi) is 5.62. The minimum absolute atomic E-state index is 0.353. The molecular formula is C17H25NO3S. The summed E-state index contributed by atoms with van der Waals surface area (Å²) in [4.78, 5) is 11.5. The molecule has 2 atom stereocenters. The fourth-order valence-corrected chi connectivity index (χ4v) is 3.40. The smallest absolute Gasteiger partial charge is 0.236 e. The van der Waals surface area contributed by atoms with Crippen LogP contribution >= 0.6 is 0 Å². The van der Waals surface area contributed by atoms with E-state index >= 15 is 0 Å². The van der Waals surface area contributed by atoms with Crippen molar-refractivity contribution in [3.05, 3.63) is 29.8 Å². The zero-order valence-electron chi connectivity index (χ0n) is 13.3. The maximum absolute atomic E-state index is 11.8. The molecule has 0 saturated heterocycles. The van der Waals surface area contributed by atoms with Gasteiger partial charge in [0.2, 0.25) is 5.91 Å². The SMILES string of the molecule is CS(=O)C(C)(CCc1ccc(OC2CCCC2)cc1)C(N)=O. The van der Waals surface area contributed by atoms with Gasteiger partial charge in [-0.15, -0.1) is 0 Å². The highest BCUT2D eigenvalue weighted by Gasteiger charge is 2.35. The number of aryl methyl sites for hydroxylation is 1. The van der Waals surface area contributed by atoms with Crippen LogP contribution in [0.15, 0.2) is 24.3 Å². The summed E-state index contributed by atoms with van der Waals surface area (Å²) in [5.41, 5.74) is 6.49. The fourth-order valence-electron chi connectivity index (χ4n) is 2.72. The predicted molar refractivity (Wildman–Crippen MR) is 89.3 cm³/mol. The summed E-state index contributed by atoms with van der Waals surface area (Å²) >= 11 is 0. The van der Waals surface area contributed by atoms with Crippen LogP contribution in [0.1, 0.15) is 44.6 Å². The molecule has 1 aromatic carbocycles. The zero-order chi connectivity index (χ0) is 16.2. The quantitative estimate of drug-likeness (QED) is 0.838. The molecule has 0 heterocycles. The summed E-state index contributed by atoms with van der Waals surface area (Å²) in [6.45, 7) is 1.67. The molecule has 0 aromatic heterocycles. The van der Waals surface area contributed by atoms with E-state index in [2.05, 4.69) is 0 Å². The van der Waals surface area contributed by atoms with Crippen LogP contribution < -0.4 is 10.5 Å². The second-order valence-electron chi connectivity index (χ2n) is 6.22. The molecule has 1 aromatic rings. The molecule has 0 bridgehead atoms. The lowest BCUT2D eigenvalue weighted by Crippen LogP contribution is -2.44. The van der Waals surface area contributed by atoms with Crippen LogP contribution in [0.25, 0.3) is 0 Å². The molecule has 2 N–H and O–H groups in total. The molecule has 1 saturated carbocycles. The van der Waals surface area contributed by atoms with E-state index in [1.165, 1.54) is 19.1 Å². The first-order chi connectivity index (χ1) is 10.4. The zero-order valence-corrected chi connectivity index (χ0v) is 14.2. The molecule has 2 rings (SSSR count). The van der Waals surface area contributed by atoms with Gasteiger partial charge in [0.25, 0.3) is 0 Å². The molecule has 22 heavy (non-hydrogen) atoms. The first-order valence-corrected chi connectivity index (χ1v) is 9.36. The van der Waals surface area contributed by atoms with E-state index in [0.29, 0.717) is 18.9 Å². The topological polar surface area (TPSA) is 69.4 Å². The first kappa shape index (κ1) is 17.0. The highest BCUT2D eigenvalue weighted by Crippen LogP contribution is 2.25. The number of rotatable bonds is 7. The number of primary amides is 1. The van der Waals surface area contributed by atoms with Gasteiger partial charge in [0.05, 0.1) is 6.10 Å². The van der Waals surface area contributed by atoms with Gasteiger partial charge >= 0.3 is 0 Å². The second kappa shape index (κ2) is 7.27. The van der Waals surface area contributed by atoms with Gasteiger partial charge in [-0.05, 0) is 63.1 Å². The van der Waals surface area contributed by atoms with Gasteiger partial charge in [0, 0.05) is 17.1 Å². The average molecular weight is 323 g/mol. The van der Waals surface area contributed by atoms with Gasteiger partial charge in [0.1, 0.15) is 10.5 Å². The van der Waals surface area contributed by atoms with Gasteiger partial charge in [-0.2, -0.15) is 0 Å². The van der Waals surface area contributed by atoms with Crippen molar-refractivity contribution in [2.45, 2.75) is 56.3 Å². The lowest BCUT2D eigenvalue weighted by molar-refractivity contribution is -0.120. The number of amides is 1. The van der Waals surface area contributed by atoms with E-state index in [9.17, 15) is 9.00 Å². The highest BCUT2D eigenvalue weighted by atomic mass is 32.2. The van der Waals surface area contributed by atoms with E-state index in [1.807, 2.05) is 24.3 Å². The van der Waals surface area contributed by atoms with E-state index < -0.39 is 21.5 Å². The highest BCUT2D eigenvalue weighted by molar-refractivity contribution is 7.86. The summed E-state index contributed by atoms with van der Waals surface area (Å²) in [7, 11) is -1.28. The summed E-state index contributed by atoms with van der Waals surface area (Å²) < 4.78 is 16.7. The minimum atomic E-state index is -1.28. The third-order valence-corrected chi connectivity index (χ3v) is 6.25. The van der Waals surface area contributed by atoms with Crippen LogP contribution in [-0.2, 0) is 22.0 Å². The number of nitrogens with two attached hydrogens (primary N) is 1. The Labute approximate surface area is 134 Å². The Bertz CT molecular complexity index is 521. The number of benzene rings is 1. The third kappa shape index (κ3) is 4.09. The Hall–Kier alpha value is -1.36. The monoisotopic (exact) mass is 323 g/mol. The van der Waals surface area contributed by atoms with Crippen molar-refractivity contribution in [2.75, 3.05) is 6.26 Å². The molecule has 1 fully saturated rings. The number of ether oxygens (including phenoxy) is 1. The van der Waals surface area contributed by atoms with Gasteiger partial charge < -0.3 is 10.5 Å². The summed E-state index contributed by atoms with van der Waals surface area (Å²) in [6.07, 6.45) is 7.82. The number of carbonyl (C=O) groups is 1. The average Bonchev–Trinajstić information content (AvgIpc) is 2.98. The van der Waals surface area contributed by atoms with Crippen molar-refractivity contribution in [1.82, 2.24) is 0 Å². The maximum atomic E-state index is 11.8. The van der Waals surface area contributed by atoms with Crippen molar-refractivity contribution in [2.24, 2.45) is 5.73 Å². The van der Waals surface area contributed by atoms with Crippen molar-refractivity contribution in [1.29, 1.82) is 0 Å². The molecular weight excluding hydrogens is 298 g/mol. The Morgan fingerprint density at radius 3 is 2.41 bits per heavy atom. The van der Waals surface area contributed by atoms with E-state index in [0.717, 1.165) is 24.2 Å². The Balaban J connectivity index is 1.93. The number of carbonyl (C=O) groups excluding carboxylic acids is 1. The molecule has 1 aliphatic rings. The first-order valence-electron chi connectivity index (χ1n) is 7.81. The minimum Gasteiger partial charge on any atom is -0.490 e. The molecule has 4 nitrogen and oxygen atoms in total. The molecule has 2 unspecified atom stereocenters. The lowest BCUT2D eigenvalue weighted by atomic mass is 9.99. The molecule has 0 aliphatic heterocycles. The van der Waals surface area contributed by atoms with E-state index in [1.54, 1.807) is 6.92 Å². The van der Waals surface area contributed by atoms with Gasteiger partial charge in [-0.1, -0.05) is 12.1 Å². The van der Waals surface area contributed by atoms with Crippen LogP contribution in [0.2, 0.25) is 0 Å². The van der Waals surface area contributed by atoms with E-state index in [-0.39, 0.29) is 0 Å². The van der Waals surface area contributed by atoms with Crippen molar-refractivity contribution < 1.29 is 13.7 Å². The third-order valence-electron chi connectivity index (χ3n) is 4.57. The summed E-state index contributed by atoms with van der Waals surface area (Å²) in [5.74, 6) is 0.391. The molecule has 1 aliphatic carbocycles. The molecule has 0 radical (unpaired) electrons. The van der Waals surface area contributed by atoms with Gasteiger partial charge in [0.15, 0.2) is 0 Å². The standard InChI is InChI=1S/C17H25NO3S/c1-17(16(18)19,22(2)20)12-11-13-7-9-15(10-8-13)21-14-5-3-4-6-14/h7-10,14H,3-6,11-12H2,1-2H3,(H2,18,19). The van der Waals surface area contributed by atoms with Gasteiger partial charge in [-0.3, -0.25) is 9.00 Å². The van der Waals surface area contributed by atoms with Crippen LogP contribution in [0, 0.1) is 0 Å². The summed E-state index contributed by atoms with van der Waals surface area (Å²) in [6, 6.07) is 7.95. The normalized spacial score (nSPS) is 19.5. The Morgan fingerprint density at radius 2 is 1.91 bits per heavy atom.